The van der Waals surface area contributed by atoms with Gasteiger partial charge in [0.1, 0.15) is 6.54 Å². The molecule has 142 valence electrons. The van der Waals surface area contributed by atoms with Crippen LogP contribution in [0, 0.1) is 0 Å². The SMILES string of the molecule is CCc1ccc(NC(=S)NC2C[C@H]3CC[C@@H](C2)[NH+]3Cc2ccccc2)cc1. The summed E-state index contributed by atoms with van der Waals surface area (Å²) in [6.07, 6.45) is 6.20. The lowest BCUT2D eigenvalue weighted by molar-refractivity contribution is -0.954. The number of thiocarbonyl (C=S) groups is 1. The third-order valence-electron chi connectivity index (χ3n) is 6.26. The third-order valence-corrected chi connectivity index (χ3v) is 6.48. The standard InChI is InChI=1S/C23H29N3S/c1-2-17-8-10-19(11-9-17)24-23(27)25-20-14-21-12-13-22(15-20)26(21)16-18-6-4-3-5-7-18/h3-11,20-22H,2,12-16H2,1H3,(H2,24,25,27)/p+1/t20?,21-,22+. The van der Waals surface area contributed by atoms with Crippen LogP contribution in [0.5, 0.6) is 0 Å². The fraction of sp³-hybridized carbons (Fsp3) is 0.435. The first-order valence-electron chi connectivity index (χ1n) is 10.3. The van der Waals surface area contributed by atoms with Gasteiger partial charge >= 0.3 is 0 Å². The van der Waals surface area contributed by atoms with Crippen molar-refractivity contribution in [3.63, 3.8) is 0 Å². The molecular formula is C23H30N3S+. The van der Waals surface area contributed by atoms with E-state index in [2.05, 4.69) is 72.2 Å². The molecule has 2 aliphatic heterocycles. The molecule has 3 N–H and O–H groups in total. The fourth-order valence-electron chi connectivity index (χ4n) is 4.84. The number of aryl methyl sites for hydroxylation is 1. The number of hydrogen-bond donors (Lipinski definition) is 3. The second-order valence-corrected chi connectivity index (χ2v) is 8.43. The zero-order valence-electron chi connectivity index (χ0n) is 16.1. The molecule has 0 amide bonds. The Morgan fingerprint density at radius 2 is 1.63 bits per heavy atom. The van der Waals surface area contributed by atoms with Crippen molar-refractivity contribution in [2.24, 2.45) is 0 Å². The predicted octanol–water partition coefficient (Wildman–Crippen LogP) is 3.31. The van der Waals surface area contributed by atoms with E-state index in [1.807, 2.05) is 0 Å². The van der Waals surface area contributed by atoms with Crippen LogP contribution < -0.4 is 15.5 Å². The van der Waals surface area contributed by atoms with Gasteiger partial charge in [0.15, 0.2) is 5.11 Å². The number of benzene rings is 2. The maximum absolute atomic E-state index is 5.58. The molecule has 0 spiro atoms. The van der Waals surface area contributed by atoms with Crippen LogP contribution in [-0.2, 0) is 13.0 Å². The van der Waals surface area contributed by atoms with Crippen LogP contribution in [-0.4, -0.2) is 23.2 Å². The average molecular weight is 381 g/mol. The van der Waals surface area contributed by atoms with Gasteiger partial charge in [-0.2, -0.15) is 0 Å². The molecule has 4 atom stereocenters. The van der Waals surface area contributed by atoms with Crippen LogP contribution in [0.1, 0.15) is 43.7 Å². The Balaban J connectivity index is 1.31. The van der Waals surface area contributed by atoms with Crippen LogP contribution in [0.4, 0.5) is 5.69 Å². The van der Waals surface area contributed by atoms with Crippen molar-refractivity contribution in [1.82, 2.24) is 5.32 Å². The summed E-state index contributed by atoms with van der Waals surface area (Å²) >= 11 is 5.58. The molecule has 2 fully saturated rings. The average Bonchev–Trinajstić information content (AvgIpc) is 2.91. The van der Waals surface area contributed by atoms with Crippen molar-refractivity contribution in [3.05, 3.63) is 65.7 Å². The molecule has 2 aromatic rings. The Hall–Kier alpha value is -1.91. The number of piperidine rings is 1. The Morgan fingerprint density at radius 3 is 2.26 bits per heavy atom. The van der Waals surface area contributed by atoms with E-state index >= 15 is 0 Å². The first-order valence-corrected chi connectivity index (χ1v) is 10.7. The molecule has 2 heterocycles. The van der Waals surface area contributed by atoms with E-state index < -0.39 is 0 Å². The van der Waals surface area contributed by atoms with Crippen LogP contribution in [0.3, 0.4) is 0 Å². The molecular weight excluding hydrogens is 350 g/mol. The molecule has 2 aromatic carbocycles. The molecule has 2 saturated heterocycles. The monoisotopic (exact) mass is 380 g/mol. The van der Waals surface area contributed by atoms with Gasteiger partial charge in [0, 0.05) is 43.0 Å². The van der Waals surface area contributed by atoms with Gasteiger partial charge < -0.3 is 15.5 Å². The predicted molar refractivity (Wildman–Crippen MR) is 116 cm³/mol. The molecule has 3 nitrogen and oxygen atoms in total. The summed E-state index contributed by atoms with van der Waals surface area (Å²) in [6.45, 7) is 3.34. The smallest absolute Gasteiger partial charge is 0.171 e. The maximum atomic E-state index is 5.58. The van der Waals surface area contributed by atoms with E-state index in [1.165, 1.54) is 36.8 Å². The highest BCUT2D eigenvalue weighted by atomic mass is 32.1. The summed E-state index contributed by atoms with van der Waals surface area (Å²) in [5.74, 6) is 0. The third kappa shape index (κ3) is 4.50. The number of hydrogen-bond acceptors (Lipinski definition) is 1. The zero-order chi connectivity index (χ0) is 18.6. The van der Waals surface area contributed by atoms with Crippen molar-refractivity contribution < 1.29 is 4.90 Å². The molecule has 4 heteroatoms. The van der Waals surface area contributed by atoms with Gasteiger partial charge in [-0.1, -0.05) is 49.4 Å². The van der Waals surface area contributed by atoms with Gasteiger partial charge in [-0.25, -0.2) is 0 Å². The fourth-order valence-corrected chi connectivity index (χ4v) is 5.13. The van der Waals surface area contributed by atoms with Gasteiger partial charge in [0.05, 0.1) is 12.1 Å². The second kappa shape index (κ2) is 8.41. The quantitative estimate of drug-likeness (QED) is 0.695. The summed E-state index contributed by atoms with van der Waals surface area (Å²) < 4.78 is 0. The lowest BCUT2D eigenvalue weighted by Crippen LogP contribution is -3.17. The van der Waals surface area contributed by atoms with E-state index in [-0.39, 0.29) is 0 Å². The maximum Gasteiger partial charge on any atom is 0.171 e. The normalized spacial score (nSPS) is 26.6. The molecule has 0 saturated carbocycles. The Kier molecular flexibility index (Phi) is 5.74. The van der Waals surface area contributed by atoms with Crippen LogP contribution in [0.2, 0.25) is 0 Å². The van der Waals surface area contributed by atoms with E-state index in [9.17, 15) is 0 Å². The zero-order valence-corrected chi connectivity index (χ0v) is 16.9. The van der Waals surface area contributed by atoms with Crippen LogP contribution in [0.25, 0.3) is 0 Å². The number of anilines is 1. The van der Waals surface area contributed by atoms with Crippen molar-refractivity contribution >= 4 is 23.0 Å². The van der Waals surface area contributed by atoms with Crippen LogP contribution >= 0.6 is 12.2 Å². The van der Waals surface area contributed by atoms with E-state index in [0.717, 1.165) is 35.8 Å². The van der Waals surface area contributed by atoms with E-state index in [4.69, 9.17) is 12.2 Å². The van der Waals surface area contributed by atoms with Crippen molar-refractivity contribution in [2.45, 2.75) is 63.7 Å². The summed E-state index contributed by atoms with van der Waals surface area (Å²) in [6, 6.07) is 21.5. The Labute approximate surface area is 168 Å². The minimum absolute atomic E-state index is 0.497. The number of rotatable bonds is 5. The molecule has 2 bridgehead atoms. The minimum Gasteiger partial charge on any atom is -0.359 e. The number of quaternary nitrogens is 1. The molecule has 2 unspecified atom stereocenters. The Morgan fingerprint density at radius 1 is 0.963 bits per heavy atom. The summed E-state index contributed by atoms with van der Waals surface area (Å²) in [5, 5.41) is 7.70. The van der Waals surface area contributed by atoms with Crippen molar-refractivity contribution in [1.29, 1.82) is 0 Å². The largest absolute Gasteiger partial charge is 0.359 e. The van der Waals surface area contributed by atoms with Crippen LogP contribution in [0.15, 0.2) is 54.6 Å². The van der Waals surface area contributed by atoms with E-state index in [1.54, 1.807) is 4.90 Å². The highest BCUT2D eigenvalue weighted by Gasteiger charge is 2.44. The first kappa shape index (κ1) is 18.5. The molecule has 0 aliphatic carbocycles. The highest BCUT2D eigenvalue weighted by Crippen LogP contribution is 2.23. The summed E-state index contributed by atoms with van der Waals surface area (Å²) in [5.41, 5.74) is 3.88. The molecule has 2 aliphatic rings. The highest BCUT2D eigenvalue weighted by molar-refractivity contribution is 7.80. The molecule has 4 rings (SSSR count). The van der Waals surface area contributed by atoms with Gasteiger partial charge in [-0.15, -0.1) is 0 Å². The van der Waals surface area contributed by atoms with Gasteiger partial charge in [0.2, 0.25) is 0 Å². The summed E-state index contributed by atoms with van der Waals surface area (Å²) in [7, 11) is 0. The second-order valence-electron chi connectivity index (χ2n) is 8.03. The van der Waals surface area contributed by atoms with Gasteiger partial charge in [-0.3, -0.25) is 0 Å². The molecule has 27 heavy (non-hydrogen) atoms. The first-order chi connectivity index (χ1) is 13.2. The lowest BCUT2D eigenvalue weighted by Gasteiger charge is -2.36. The lowest BCUT2D eigenvalue weighted by atomic mass is 9.96. The molecule has 0 radical (unpaired) electrons. The summed E-state index contributed by atoms with van der Waals surface area (Å²) in [4.78, 5) is 1.79. The number of fused-ring (bicyclic) bond motifs is 2. The topological polar surface area (TPSA) is 28.5 Å². The van der Waals surface area contributed by atoms with Crippen molar-refractivity contribution in [3.8, 4) is 0 Å². The van der Waals surface area contributed by atoms with Gasteiger partial charge in [0.25, 0.3) is 0 Å². The molecule has 0 aromatic heterocycles. The van der Waals surface area contributed by atoms with Crippen molar-refractivity contribution in [2.75, 3.05) is 5.32 Å². The minimum atomic E-state index is 0.497. The number of nitrogens with one attached hydrogen (secondary N) is 3. The van der Waals surface area contributed by atoms with Gasteiger partial charge in [-0.05, 0) is 36.3 Å². The van der Waals surface area contributed by atoms with E-state index in [0.29, 0.717) is 6.04 Å². The Bertz CT molecular complexity index is 745.